The maximum absolute atomic E-state index is 12.1. The van der Waals surface area contributed by atoms with Crippen molar-refractivity contribution in [1.29, 1.82) is 0 Å². The van der Waals surface area contributed by atoms with Crippen LogP contribution in [0.2, 0.25) is 0 Å². The van der Waals surface area contributed by atoms with E-state index in [0.29, 0.717) is 29.0 Å². The van der Waals surface area contributed by atoms with E-state index in [1.54, 1.807) is 31.4 Å². The molecule has 0 aromatic heterocycles. The highest BCUT2D eigenvalue weighted by atomic mass is 16.5. The molecule has 0 spiro atoms. The standard InChI is InChI=1S/C20H21NO5/c1-24-13-18(20(22)26-3)16-9-4-5-10-17(16)19(21-23)12-14-7-6-8-15(11-14)25-2/h4-11,13,23H,12H2,1-3H3/b18-13+,21-19?. The van der Waals surface area contributed by atoms with Crippen LogP contribution in [0.1, 0.15) is 16.7 Å². The van der Waals surface area contributed by atoms with Crippen LogP contribution >= 0.6 is 0 Å². The van der Waals surface area contributed by atoms with Gasteiger partial charge in [-0.3, -0.25) is 0 Å². The zero-order valence-corrected chi connectivity index (χ0v) is 14.9. The number of oxime groups is 1. The van der Waals surface area contributed by atoms with E-state index in [2.05, 4.69) is 5.16 Å². The number of ether oxygens (including phenoxy) is 3. The molecule has 0 bridgehead atoms. The largest absolute Gasteiger partial charge is 0.503 e. The van der Waals surface area contributed by atoms with Gasteiger partial charge in [0.05, 0.1) is 33.3 Å². The van der Waals surface area contributed by atoms with Crippen molar-refractivity contribution in [2.24, 2.45) is 5.16 Å². The third-order valence-corrected chi connectivity index (χ3v) is 3.80. The third kappa shape index (κ3) is 4.42. The predicted octanol–water partition coefficient (Wildman–Crippen LogP) is 3.28. The Kier molecular flexibility index (Phi) is 6.79. The summed E-state index contributed by atoms with van der Waals surface area (Å²) in [5.41, 5.74) is 2.70. The average molecular weight is 355 g/mol. The highest BCUT2D eigenvalue weighted by Crippen LogP contribution is 2.23. The van der Waals surface area contributed by atoms with E-state index in [1.165, 1.54) is 20.5 Å². The second kappa shape index (κ2) is 9.27. The van der Waals surface area contributed by atoms with Crippen LogP contribution in [0.5, 0.6) is 5.75 Å². The molecule has 0 atom stereocenters. The molecule has 136 valence electrons. The van der Waals surface area contributed by atoms with Crippen LogP contribution in [0, 0.1) is 0 Å². The summed E-state index contributed by atoms with van der Waals surface area (Å²) in [7, 11) is 4.34. The minimum Gasteiger partial charge on any atom is -0.503 e. The Labute approximate surface area is 152 Å². The van der Waals surface area contributed by atoms with Gasteiger partial charge >= 0.3 is 5.97 Å². The van der Waals surface area contributed by atoms with E-state index in [9.17, 15) is 10.0 Å². The topological polar surface area (TPSA) is 77.4 Å². The maximum atomic E-state index is 12.1. The molecule has 0 unspecified atom stereocenters. The molecule has 2 aromatic rings. The molecule has 0 aliphatic rings. The molecule has 1 N–H and O–H groups in total. The molecule has 0 radical (unpaired) electrons. The van der Waals surface area contributed by atoms with E-state index in [1.807, 2.05) is 24.3 Å². The van der Waals surface area contributed by atoms with Gasteiger partial charge in [0.25, 0.3) is 0 Å². The number of carbonyl (C=O) groups excluding carboxylic acids is 1. The first-order chi connectivity index (χ1) is 12.6. The van der Waals surface area contributed by atoms with Crippen LogP contribution < -0.4 is 4.74 Å². The second-order valence-electron chi connectivity index (χ2n) is 5.38. The summed E-state index contributed by atoms with van der Waals surface area (Å²) < 4.78 is 15.1. The van der Waals surface area contributed by atoms with Crippen molar-refractivity contribution in [3.63, 3.8) is 0 Å². The van der Waals surface area contributed by atoms with Gasteiger partial charge in [0.1, 0.15) is 11.3 Å². The SMILES string of the molecule is CO/C=C(/C(=O)OC)c1ccccc1C(Cc1cccc(OC)c1)=NO. The van der Waals surface area contributed by atoms with Crippen LogP contribution in [-0.2, 0) is 20.7 Å². The van der Waals surface area contributed by atoms with Gasteiger partial charge < -0.3 is 19.4 Å². The van der Waals surface area contributed by atoms with Crippen molar-refractivity contribution in [2.75, 3.05) is 21.3 Å². The fourth-order valence-corrected chi connectivity index (χ4v) is 2.58. The highest BCUT2D eigenvalue weighted by molar-refractivity contribution is 6.19. The minimum absolute atomic E-state index is 0.234. The number of hydrogen-bond donors (Lipinski definition) is 1. The normalized spacial score (nSPS) is 11.8. The van der Waals surface area contributed by atoms with Gasteiger partial charge in [-0.05, 0) is 17.7 Å². The molecule has 6 heteroatoms. The van der Waals surface area contributed by atoms with E-state index < -0.39 is 5.97 Å². The van der Waals surface area contributed by atoms with Crippen LogP contribution in [0.3, 0.4) is 0 Å². The second-order valence-corrected chi connectivity index (χ2v) is 5.38. The van der Waals surface area contributed by atoms with Crippen molar-refractivity contribution in [3.05, 3.63) is 71.5 Å². The molecule has 0 fully saturated rings. The van der Waals surface area contributed by atoms with Crippen molar-refractivity contribution in [3.8, 4) is 5.75 Å². The fraction of sp³-hybridized carbons (Fsp3) is 0.200. The van der Waals surface area contributed by atoms with Crippen molar-refractivity contribution < 1.29 is 24.2 Å². The first-order valence-electron chi connectivity index (χ1n) is 7.89. The summed E-state index contributed by atoms with van der Waals surface area (Å²) >= 11 is 0. The lowest BCUT2D eigenvalue weighted by Gasteiger charge is -2.13. The van der Waals surface area contributed by atoms with E-state index in [4.69, 9.17) is 14.2 Å². The van der Waals surface area contributed by atoms with Crippen molar-refractivity contribution in [1.82, 2.24) is 0 Å². The molecule has 2 rings (SSSR count). The van der Waals surface area contributed by atoms with Gasteiger partial charge in [0, 0.05) is 17.5 Å². The lowest BCUT2D eigenvalue weighted by molar-refractivity contribution is -0.133. The van der Waals surface area contributed by atoms with Gasteiger partial charge in [-0.2, -0.15) is 0 Å². The minimum atomic E-state index is -0.544. The molecule has 0 amide bonds. The smallest absolute Gasteiger partial charge is 0.341 e. The van der Waals surface area contributed by atoms with Crippen LogP contribution in [0.15, 0.2) is 59.9 Å². The van der Waals surface area contributed by atoms with Gasteiger partial charge in [0.15, 0.2) is 0 Å². The summed E-state index contributed by atoms with van der Waals surface area (Å²) in [6, 6.07) is 14.6. The Hall–Kier alpha value is -3.28. The zero-order chi connectivity index (χ0) is 18.9. The Balaban J connectivity index is 2.46. The van der Waals surface area contributed by atoms with E-state index in [-0.39, 0.29) is 5.57 Å². The quantitative estimate of drug-likeness (QED) is 0.206. The van der Waals surface area contributed by atoms with Gasteiger partial charge in [-0.1, -0.05) is 41.6 Å². The number of carbonyl (C=O) groups is 1. The maximum Gasteiger partial charge on any atom is 0.341 e. The molecular formula is C20H21NO5. The Bertz CT molecular complexity index is 826. The lowest BCUT2D eigenvalue weighted by atomic mass is 9.94. The molecular weight excluding hydrogens is 334 g/mol. The molecule has 0 aliphatic heterocycles. The summed E-state index contributed by atoms with van der Waals surface area (Å²) in [6.07, 6.45) is 1.66. The Morgan fingerprint density at radius 3 is 2.42 bits per heavy atom. The summed E-state index contributed by atoms with van der Waals surface area (Å²) in [6.45, 7) is 0. The molecule has 0 saturated carbocycles. The van der Waals surface area contributed by atoms with Gasteiger partial charge in [-0.15, -0.1) is 0 Å². The number of hydrogen-bond acceptors (Lipinski definition) is 6. The number of nitrogens with zero attached hydrogens (tertiary/aromatic N) is 1. The molecule has 26 heavy (non-hydrogen) atoms. The van der Waals surface area contributed by atoms with Crippen LogP contribution in [-0.4, -0.2) is 38.2 Å². The first kappa shape index (κ1) is 19.1. The zero-order valence-electron chi connectivity index (χ0n) is 14.9. The highest BCUT2D eigenvalue weighted by Gasteiger charge is 2.20. The number of benzene rings is 2. The van der Waals surface area contributed by atoms with E-state index >= 15 is 0 Å². The number of esters is 1. The van der Waals surface area contributed by atoms with Gasteiger partial charge in [-0.25, -0.2) is 4.79 Å². The van der Waals surface area contributed by atoms with Gasteiger partial charge in [0.2, 0.25) is 0 Å². The summed E-state index contributed by atoms with van der Waals surface area (Å²) in [4.78, 5) is 12.1. The fourth-order valence-electron chi connectivity index (χ4n) is 2.58. The summed E-state index contributed by atoms with van der Waals surface area (Å²) in [5, 5.41) is 13.0. The molecule has 6 nitrogen and oxygen atoms in total. The lowest BCUT2D eigenvalue weighted by Crippen LogP contribution is -2.12. The van der Waals surface area contributed by atoms with Crippen molar-refractivity contribution >= 4 is 17.3 Å². The van der Waals surface area contributed by atoms with E-state index in [0.717, 1.165) is 5.56 Å². The monoisotopic (exact) mass is 355 g/mol. The molecule has 0 heterocycles. The van der Waals surface area contributed by atoms with Crippen LogP contribution in [0.4, 0.5) is 0 Å². The molecule has 0 aliphatic carbocycles. The summed E-state index contributed by atoms with van der Waals surface area (Å²) in [5.74, 6) is 0.167. The first-order valence-corrected chi connectivity index (χ1v) is 7.89. The van der Waals surface area contributed by atoms with Crippen LogP contribution in [0.25, 0.3) is 5.57 Å². The third-order valence-electron chi connectivity index (χ3n) is 3.80. The predicted molar refractivity (Wildman–Crippen MR) is 98.5 cm³/mol. The Morgan fingerprint density at radius 1 is 1.08 bits per heavy atom. The molecule has 2 aromatic carbocycles. The molecule has 0 saturated heterocycles. The number of rotatable bonds is 7. The number of methoxy groups -OCH3 is 3. The average Bonchev–Trinajstić information content (AvgIpc) is 2.70. The van der Waals surface area contributed by atoms with Crippen molar-refractivity contribution in [2.45, 2.75) is 6.42 Å². The Morgan fingerprint density at radius 2 is 1.81 bits per heavy atom.